The number of nitrogens with zero attached hydrogens (tertiary/aromatic N) is 7. The van der Waals surface area contributed by atoms with Gasteiger partial charge in [0.15, 0.2) is 0 Å². The number of hydrogen-bond donors (Lipinski definition) is 1. The minimum Gasteiger partial charge on any atom is -0.497 e. The minimum atomic E-state index is -0.159. The molecular formula is C33H38N8O4. The van der Waals surface area contributed by atoms with E-state index in [2.05, 4.69) is 15.1 Å². The average Bonchev–Trinajstić information content (AvgIpc) is 3.53. The van der Waals surface area contributed by atoms with Gasteiger partial charge in [0.1, 0.15) is 17.3 Å². The van der Waals surface area contributed by atoms with Crippen molar-refractivity contribution in [3.8, 4) is 22.8 Å². The van der Waals surface area contributed by atoms with Crippen LogP contribution in [0.25, 0.3) is 11.3 Å². The third-order valence-corrected chi connectivity index (χ3v) is 7.94. The SMILES string of the molecule is CCNC(=O)N1CCc2c(-c3cnc(N(Cc4ccc(OC)cc4)Cc4ccc(OC)cc4)nc3)nc(N3CCOCC3)nc21. The van der Waals surface area contributed by atoms with Crippen LogP contribution in [0, 0.1) is 0 Å². The molecule has 0 spiro atoms. The Labute approximate surface area is 263 Å². The fourth-order valence-electron chi connectivity index (χ4n) is 5.54. The van der Waals surface area contributed by atoms with Crippen molar-refractivity contribution in [2.24, 2.45) is 0 Å². The number of carbonyl (C=O) groups is 1. The van der Waals surface area contributed by atoms with Crippen LogP contribution < -0.4 is 29.5 Å². The zero-order valence-corrected chi connectivity index (χ0v) is 25.9. The summed E-state index contributed by atoms with van der Waals surface area (Å²) in [6, 6.07) is 15.9. The number of nitrogens with one attached hydrogen (secondary N) is 1. The predicted octanol–water partition coefficient (Wildman–Crippen LogP) is 4.09. The number of aromatic nitrogens is 4. The van der Waals surface area contributed by atoms with Gasteiger partial charge in [-0.3, -0.25) is 4.90 Å². The van der Waals surface area contributed by atoms with Gasteiger partial charge in [-0.25, -0.2) is 19.7 Å². The fraction of sp³-hybridized carbons (Fsp3) is 0.364. The maximum atomic E-state index is 12.9. The Kier molecular flexibility index (Phi) is 9.20. The van der Waals surface area contributed by atoms with Crippen LogP contribution in [0.5, 0.6) is 11.5 Å². The number of benzene rings is 2. The van der Waals surface area contributed by atoms with E-state index in [1.807, 2.05) is 67.8 Å². The largest absolute Gasteiger partial charge is 0.497 e. The molecule has 1 N–H and O–H groups in total. The first kappa shape index (κ1) is 30.1. The maximum absolute atomic E-state index is 12.9. The number of fused-ring (bicyclic) bond motifs is 1. The molecule has 2 aromatic carbocycles. The fourth-order valence-corrected chi connectivity index (χ4v) is 5.54. The Balaban J connectivity index is 1.33. The molecule has 234 valence electrons. The van der Waals surface area contributed by atoms with E-state index in [0.29, 0.717) is 76.6 Å². The van der Waals surface area contributed by atoms with Gasteiger partial charge >= 0.3 is 6.03 Å². The molecule has 0 bridgehead atoms. The topological polar surface area (TPSA) is 118 Å². The van der Waals surface area contributed by atoms with E-state index in [1.165, 1.54) is 0 Å². The van der Waals surface area contributed by atoms with Gasteiger partial charge in [-0.05, 0) is 48.7 Å². The van der Waals surface area contributed by atoms with Crippen LogP contribution in [0.15, 0.2) is 60.9 Å². The molecule has 2 aliphatic rings. The number of rotatable bonds is 10. The molecule has 2 aromatic heterocycles. The second kappa shape index (κ2) is 13.8. The van der Waals surface area contributed by atoms with Crippen molar-refractivity contribution in [2.75, 3.05) is 68.3 Å². The Morgan fingerprint density at radius 2 is 1.49 bits per heavy atom. The first-order valence-corrected chi connectivity index (χ1v) is 15.2. The lowest BCUT2D eigenvalue weighted by molar-refractivity contribution is 0.122. The van der Waals surface area contributed by atoms with Gasteiger partial charge in [0.2, 0.25) is 11.9 Å². The molecule has 0 aliphatic carbocycles. The first-order chi connectivity index (χ1) is 22.1. The van der Waals surface area contributed by atoms with E-state index in [1.54, 1.807) is 19.1 Å². The van der Waals surface area contributed by atoms with Crippen LogP contribution in [0.2, 0.25) is 0 Å². The van der Waals surface area contributed by atoms with Crippen LogP contribution in [-0.4, -0.2) is 79.6 Å². The molecule has 2 aliphatic heterocycles. The van der Waals surface area contributed by atoms with Gasteiger partial charge in [0.05, 0.1) is 33.1 Å². The number of anilines is 3. The molecule has 45 heavy (non-hydrogen) atoms. The second-order valence-corrected chi connectivity index (χ2v) is 10.8. The van der Waals surface area contributed by atoms with Gasteiger partial charge in [-0.1, -0.05) is 24.3 Å². The third kappa shape index (κ3) is 6.75. The lowest BCUT2D eigenvalue weighted by Crippen LogP contribution is -2.40. The minimum absolute atomic E-state index is 0.159. The second-order valence-electron chi connectivity index (χ2n) is 10.8. The van der Waals surface area contributed by atoms with E-state index in [9.17, 15) is 4.79 Å². The first-order valence-electron chi connectivity index (χ1n) is 15.2. The van der Waals surface area contributed by atoms with Crippen LogP contribution in [-0.2, 0) is 24.2 Å². The number of ether oxygens (including phenoxy) is 3. The molecule has 6 rings (SSSR count). The van der Waals surface area contributed by atoms with Crippen molar-refractivity contribution < 1.29 is 19.0 Å². The zero-order valence-electron chi connectivity index (χ0n) is 25.9. The summed E-state index contributed by atoms with van der Waals surface area (Å²) in [7, 11) is 3.32. The molecule has 0 atom stereocenters. The lowest BCUT2D eigenvalue weighted by atomic mass is 10.1. The molecule has 1 saturated heterocycles. The third-order valence-electron chi connectivity index (χ3n) is 7.94. The zero-order chi connectivity index (χ0) is 31.2. The highest BCUT2D eigenvalue weighted by Gasteiger charge is 2.31. The summed E-state index contributed by atoms with van der Waals surface area (Å²) in [5.74, 6) is 3.42. The number of urea groups is 1. The maximum Gasteiger partial charge on any atom is 0.323 e. The summed E-state index contributed by atoms with van der Waals surface area (Å²) in [5.41, 5.74) is 4.65. The highest BCUT2D eigenvalue weighted by atomic mass is 16.5. The Bertz CT molecular complexity index is 1540. The van der Waals surface area contributed by atoms with Crippen LogP contribution >= 0.6 is 0 Å². The van der Waals surface area contributed by atoms with Crippen molar-refractivity contribution in [1.82, 2.24) is 25.3 Å². The van der Waals surface area contributed by atoms with Crippen molar-refractivity contribution in [2.45, 2.75) is 26.4 Å². The van der Waals surface area contributed by atoms with E-state index in [0.717, 1.165) is 39.4 Å². The smallest absolute Gasteiger partial charge is 0.323 e. The van der Waals surface area contributed by atoms with E-state index >= 15 is 0 Å². The summed E-state index contributed by atoms with van der Waals surface area (Å²) in [6.07, 6.45) is 4.28. The Morgan fingerprint density at radius 1 is 0.889 bits per heavy atom. The number of methoxy groups -OCH3 is 2. The van der Waals surface area contributed by atoms with Gasteiger partial charge in [0, 0.05) is 62.8 Å². The van der Waals surface area contributed by atoms with Crippen LogP contribution in [0.3, 0.4) is 0 Å². The number of morpholine rings is 1. The van der Waals surface area contributed by atoms with E-state index in [4.69, 9.17) is 34.1 Å². The van der Waals surface area contributed by atoms with Crippen molar-refractivity contribution in [3.05, 3.63) is 77.6 Å². The molecule has 0 unspecified atom stereocenters. The standard InChI is InChI=1S/C33H38N8O4/c1-4-34-33(42)41-14-13-28-29(37-32(38-30(28)41)39-15-17-45-18-16-39)25-19-35-31(36-20-25)40(21-23-5-9-26(43-2)10-6-23)22-24-7-11-27(44-3)12-8-24/h5-12,19-20H,4,13-18,21-22H2,1-3H3,(H,34,42). The number of amides is 2. The Hall–Kier alpha value is -4.97. The van der Waals surface area contributed by atoms with Gasteiger partial charge in [0.25, 0.3) is 0 Å². The summed E-state index contributed by atoms with van der Waals surface area (Å²) in [5, 5.41) is 2.91. The highest BCUT2D eigenvalue weighted by Crippen LogP contribution is 2.36. The molecule has 12 heteroatoms. The summed E-state index contributed by atoms with van der Waals surface area (Å²) < 4.78 is 16.2. The van der Waals surface area contributed by atoms with Crippen LogP contribution in [0.1, 0.15) is 23.6 Å². The molecule has 4 aromatic rings. The predicted molar refractivity (Wildman–Crippen MR) is 172 cm³/mol. The average molecular weight is 611 g/mol. The lowest BCUT2D eigenvalue weighted by Gasteiger charge is -2.28. The van der Waals surface area contributed by atoms with Gasteiger partial charge in [-0.15, -0.1) is 0 Å². The van der Waals surface area contributed by atoms with E-state index < -0.39 is 0 Å². The number of carbonyl (C=O) groups excluding carboxylic acids is 1. The summed E-state index contributed by atoms with van der Waals surface area (Å²) in [4.78, 5) is 38.4. The molecule has 0 saturated carbocycles. The highest BCUT2D eigenvalue weighted by molar-refractivity contribution is 5.94. The molecule has 0 radical (unpaired) electrons. The van der Waals surface area contributed by atoms with Crippen molar-refractivity contribution >= 4 is 23.7 Å². The van der Waals surface area contributed by atoms with Gasteiger partial charge < -0.3 is 29.3 Å². The number of hydrogen-bond acceptors (Lipinski definition) is 10. The summed E-state index contributed by atoms with van der Waals surface area (Å²) >= 11 is 0. The summed E-state index contributed by atoms with van der Waals surface area (Å²) in [6.45, 7) is 6.75. The normalized spacial score (nSPS) is 14.2. The van der Waals surface area contributed by atoms with Gasteiger partial charge in [-0.2, -0.15) is 4.98 Å². The van der Waals surface area contributed by atoms with E-state index in [-0.39, 0.29) is 6.03 Å². The Morgan fingerprint density at radius 3 is 2.04 bits per heavy atom. The van der Waals surface area contributed by atoms with Crippen molar-refractivity contribution in [1.29, 1.82) is 0 Å². The quantitative estimate of drug-likeness (QED) is 0.281. The molecule has 12 nitrogen and oxygen atoms in total. The van der Waals surface area contributed by atoms with Crippen molar-refractivity contribution in [3.63, 3.8) is 0 Å². The van der Waals surface area contributed by atoms with Crippen LogP contribution in [0.4, 0.5) is 22.5 Å². The molecular weight excluding hydrogens is 572 g/mol. The molecule has 2 amide bonds. The molecule has 1 fully saturated rings. The molecule has 4 heterocycles. The monoisotopic (exact) mass is 610 g/mol.